The van der Waals surface area contributed by atoms with E-state index in [9.17, 15) is 0 Å². The Bertz CT molecular complexity index is 1090. The van der Waals surface area contributed by atoms with Crippen LogP contribution in [0.3, 0.4) is 0 Å². The zero-order valence-electron chi connectivity index (χ0n) is 18.5. The van der Waals surface area contributed by atoms with Gasteiger partial charge < -0.3 is 14.5 Å². The first-order chi connectivity index (χ1) is 15.6. The lowest BCUT2D eigenvalue weighted by Crippen LogP contribution is -2.22. The molecule has 1 aromatic heterocycles. The Hall–Kier alpha value is -3.08. The van der Waals surface area contributed by atoms with Crippen molar-refractivity contribution in [3.63, 3.8) is 0 Å². The summed E-state index contributed by atoms with van der Waals surface area (Å²) >= 11 is 6.53. The highest BCUT2D eigenvalue weighted by atomic mass is 35.5. The van der Waals surface area contributed by atoms with Gasteiger partial charge in [-0.3, -0.25) is 4.98 Å². The first-order valence-electron chi connectivity index (χ1n) is 10.8. The first kappa shape index (κ1) is 22.1. The van der Waals surface area contributed by atoms with Gasteiger partial charge in [0.15, 0.2) is 0 Å². The third kappa shape index (κ3) is 5.58. The number of aromatic nitrogens is 1. The molecule has 0 radical (unpaired) electrons. The topological polar surface area (TPSA) is 28.6 Å². The molecule has 0 aliphatic carbocycles. The molecule has 2 aromatic carbocycles. The van der Waals surface area contributed by atoms with E-state index in [1.807, 2.05) is 54.7 Å². The summed E-state index contributed by atoms with van der Waals surface area (Å²) in [6.45, 7) is 2.46. The minimum atomic E-state index is 0.713. The summed E-state index contributed by atoms with van der Waals surface area (Å²) in [6, 6.07) is 22.2. The second-order valence-electron chi connectivity index (χ2n) is 8.08. The average molecular weight is 446 g/mol. The van der Waals surface area contributed by atoms with Crippen molar-refractivity contribution in [2.45, 2.75) is 6.42 Å². The summed E-state index contributed by atoms with van der Waals surface area (Å²) in [7, 11) is 4.15. The third-order valence-electron chi connectivity index (χ3n) is 5.33. The molecule has 0 bridgehead atoms. The van der Waals surface area contributed by atoms with Gasteiger partial charge in [0, 0.05) is 41.8 Å². The molecule has 0 spiro atoms. The molecular weight excluding hydrogens is 418 g/mol. The van der Waals surface area contributed by atoms with Crippen molar-refractivity contribution in [1.82, 2.24) is 9.88 Å². The standard InChI is InChI=1S/C27H28ClN3O/c1-30(2)16-7-17-32-24-13-11-23(12-14-24)31-19-21(25-8-3-4-9-26(25)28)18-22(20-31)27-10-5-6-15-29-27/h3-6,8-15,18,20H,7,16-17,19H2,1-2H3. The number of pyridine rings is 1. The van der Waals surface area contributed by atoms with E-state index in [-0.39, 0.29) is 0 Å². The molecule has 0 N–H and O–H groups in total. The normalized spacial score (nSPS) is 13.7. The van der Waals surface area contributed by atoms with Crippen molar-refractivity contribution in [3.05, 3.63) is 101 Å². The predicted octanol–water partition coefficient (Wildman–Crippen LogP) is 6.01. The maximum Gasteiger partial charge on any atom is 0.119 e. The van der Waals surface area contributed by atoms with Crippen LogP contribution in [0, 0.1) is 0 Å². The van der Waals surface area contributed by atoms with Crippen LogP contribution < -0.4 is 9.64 Å². The minimum absolute atomic E-state index is 0.713. The maximum atomic E-state index is 6.53. The second kappa shape index (κ2) is 10.5. The van der Waals surface area contributed by atoms with E-state index in [2.05, 4.69) is 59.4 Å². The van der Waals surface area contributed by atoms with Gasteiger partial charge in [-0.1, -0.05) is 35.9 Å². The Labute approximate surface area is 195 Å². The van der Waals surface area contributed by atoms with E-state index < -0.39 is 0 Å². The van der Waals surface area contributed by atoms with Crippen molar-refractivity contribution in [3.8, 4) is 5.75 Å². The summed E-state index contributed by atoms with van der Waals surface area (Å²) in [4.78, 5) is 8.95. The first-order valence-corrected chi connectivity index (χ1v) is 11.2. The van der Waals surface area contributed by atoms with Crippen molar-refractivity contribution >= 4 is 28.4 Å². The van der Waals surface area contributed by atoms with E-state index in [1.165, 1.54) is 0 Å². The van der Waals surface area contributed by atoms with E-state index in [1.54, 1.807) is 0 Å². The van der Waals surface area contributed by atoms with E-state index in [4.69, 9.17) is 16.3 Å². The van der Waals surface area contributed by atoms with Gasteiger partial charge in [0.1, 0.15) is 5.75 Å². The van der Waals surface area contributed by atoms with E-state index in [0.29, 0.717) is 6.61 Å². The highest BCUT2D eigenvalue weighted by molar-refractivity contribution is 6.32. The van der Waals surface area contributed by atoms with Gasteiger partial charge in [-0.15, -0.1) is 0 Å². The van der Waals surface area contributed by atoms with Gasteiger partial charge in [-0.25, -0.2) is 0 Å². The lowest BCUT2D eigenvalue weighted by Gasteiger charge is -2.28. The number of halogens is 1. The molecule has 2 heterocycles. The SMILES string of the molecule is CN(C)CCCOc1ccc(N2C=C(c3ccccn3)C=C(c3ccccc3Cl)C2)cc1. The molecule has 0 saturated carbocycles. The lowest BCUT2D eigenvalue weighted by atomic mass is 9.98. The Morgan fingerprint density at radius 1 is 1.00 bits per heavy atom. The fourth-order valence-corrected chi connectivity index (χ4v) is 3.95. The number of hydrogen-bond acceptors (Lipinski definition) is 4. The molecule has 0 saturated heterocycles. The molecule has 3 aromatic rings. The van der Waals surface area contributed by atoms with Crippen molar-refractivity contribution in [2.75, 3.05) is 38.7 Å². The van der Waals surface area contributed by atoms with E-state index >= 15 is 0 Å². The molecular formula is C27H28ClN3O. The van der Waals surface area contributed by atoms with Crippen LogP contribution in [0.1, 0.15) is 17.7 Å². The quantitative estimate of drug-likeness (QED) is 0.397. The Balaban J connectivity index is 1.57. The van der Waals surface area contributed by atoms with E-state index in [0.717, 1.165) is 58.4 Å². The number of nitrogens with zero attached hydrogens (tertiary/aromatic N) is 3. The molecule has 0 fully saturated rings. The van der Waals surface area contributed by atoms with Crippen molar-refractivity contribution in [1.29, 1.82) is 0 Å². The molecule has 5 heteroatoms. The predicted molar refractivity (Wildman–Crippen MR) is 134 cm³/mol. The molecule has 32 heavy (non-hydrogen) atoms. The van der Waals surface area contributed by atoms with Crippen LogP contribution in [0.15, 0.2) is 85.2 Å². The molecule has 4 nitrogen and oxygen atoms in total. The highest BCUT2D eigenvalue weighted by Crippen LogP contribution is 2.33. The number of benzene rings is 2. The van der Waals surface area contributed by atoms with Crippen LogP contribution in [0.25, 0.3) is 11.1 Å². The van der Waals surface area contributed by atoms with Crippen molar-refractivity contribution < 1.29 is 4.74 Å². The third-order valence-corrected chi connectivity index (χ3v) is 5.66. The fraction of sp³-hybridized carbons (Fsp3) is 0.222. The van der Waals surface area contributed by atoms with Crippen molar-refractivity contribution in [2.24, 2.45) is 0 Å². The number of rotatable bonds is 8. The fourth-order valence-electron chi connectivity index (χ4n) is 3.70. The number of hydrogen-bond donors (Lipinski definition) is 0. The average Bonchev–Trinajstić information content (AvgIpc) is 2.83. The molecule has 1 aliphatic heterocycles. The van der Waals surface area contributed by atoms with Crippen LogP contribution in [-0.2, 0) is 0 Å². The Morgan fingerprint density at radius 3 is 2.50 bits per heavy atom. The van der Waals surface area contributed by atoms with Gasteiger partial charge >= 0.3 is 0 Å². The molecule has 0 amide bonds. The van der Waals surface area contributed by atoms with Gasteiger partial charge in [-0.05, 0) is 80.2 Å². The molecule has 164 valence electrons. The number of allylic oxidation sites excluding steroid dienone is 2. The zero-order valence-corrected chi connectivity index (χ0v) is 19.3. The second-order valence-corrected chi connectivity index (χ2v) is 8.48. The molecule has 0 unspecified atom stereocenters. The van der Waals surface area contributed by atoms with Gasteiger partial charge in [-0.2, -0.15) is 0 Å². The minimum Gasteiger partial charge on any atom is -0.494 e. The highest BCUT2D eigenvalue weighted by Gasteiger charge is 2.18. The Morgan fingerprint density at radius 2 is 1.78 bits per heavy atom. The monoisotopic (exact) mass is 445 g/mol. The summed E-state index contributed by atoms with van der Waals surface area (Å²) in [5.74, 6) is 0.889. The smallest absolute Gasteiger partial charge is 0.119 e. The van der Waals surface area contributed by atoms with Gasteiger partial charge in [0.05, 0.1) is 12.3 Å². The summed E-state index contributed by atoms with van der Waals surface area (Å²) in [5.41, 5.74) is 5.28. The summed E-state index contributed by atoms with van der Waals surface area (Å²) in [6.07, 6.45) is 7.15. The van der Waals surface area contributed by atoms with Crippen LogP contribution in [0.2, 0.25) is 5.02 Å². The molecule has 4 rings (SSSR count). The van der Waals surface area contributed by atoms with Crippen LogP contribution in [0.5, 0.6) is 5.75 Å². The molecule has 1 aliphatic rings. The van der Waals surface area contributed by atoms with Crippen LogP contribution in [0.4, 0.5) is 5.69 Å². The van der Waals surface area contributed by atoms with Gasteiger partial charge in [0.25, 0.3) is 0 Å². The Kier molecular flexibility index (Phi) is 7.25. The number of anilines is 1. The lowest BCUT2D eigenvalue weighted by molar-refractivity contribution is 0.281. The van der Waals surface area contributed by atoms with Gasteiger partial charge in [0.2, 0.25) is 0 Å². The summed E-state index contributed by atoms with van der Waals surface area (Å²) in [5, 5.41) is 0.752. The number of ether oxygens (including phenoxy) is 1. The zero-order chi connectivity index (χ0) is 22.3. The van der Waals surface area contributed by atoms with Crippen LogP contribution >= 0.6 is 11.6 Å². The maximum absolute atomic E-state index is 6.53. The molecule has 0 atom stereocenters. The largest absolute Gasteiger partial charge is 0.494 e. The summed E-state index contributed by atoms with van der Waals surface area (Å²) < 4.78 is 5.90. The van der Waals surface area contributed by atoms with Crippen LogP contribution in [-0.4, -0.2) is 43.7 Å².